The van der Waals surface area contributed by atoms with Crippen molar-refractivity contribution in [1.82, 2.24) is 9.97 Å². The largest absolute Gasteiger partial charge is 0.417 e. The maximum absolute atomic E-state index is 12.7. The van der Waals surface area contributed by atoms with Crippen LogP contribution in [-0.2, 0) is 15.7 Å². The highest BCUT2D eigenvalue weighted by Gasteiger charge is 2.47. The number of aromatic nitrogens is 2. The molecule has 0 aliphatic carbocycles. The first kappa shape index (κ1) is 17.7. The molecule has 9 heteroatoms. The van der Waals surface area contributed by atoms with Gasteiger partial charge in [-0.2, -0.15) is 13.2 Å². The molecule has 0 bridgehead atoms. The molecule has 1 spiro atoms. The molecule has 2 aromatic rings. The summed E-state index contributed by atoms with van der Waals surface area (Å²) in [6, 6.07) is 5.98. The first-order valence-corrected chi connectivity index (χ1v) is 8.43. The van der Waals surface area contributed by atoms with E-state index in [1.165, 1.54) is 6.07 Å². The van der Waals surface area contributed by atoms with Crippen LogP contribution in [0.25, 0.3) is 0 Å². The summed E-state index contributed by atoms with van der Waals surface area (Å²) >= 11 is 0. The van der Waals surface area contributed by atoms with Gasteiger partial charge in [0.2, 0.25) is 0 Å². The van der Waals surface area contributed by atoms with Gasteiger partial charge in [0.25, 0.3) is 5.91 Å². The number of rotatable bonds is 2. The molecule has 2 saturated heterocycles. The highest BCUT2D eigenvalue weighted by molar-refractivity contribution is 5.94. The fourth-order valence-electron chi connectivity index (χ4n) is 3.51. The minimum Gasteiger partial charge on any atom is -0.371 e. The summed E-state index contributed by atoms with van der Waals surface area (Å²) in [7, 11) is 0. The zero-order valence-corrected chi connectivity index (χ0v) is 14.3. The maximum atomic E-state index is 12.7. The molecule has 0 N–H and O–H groups in total. The lowest BCUT2D eigenvalue weighted by atomic mass is 9.80. The second kappa shape index (κ2) is 6.49. The first-order valence-electron chi connectivity index (χ1n) is 8.43. The van der Waals surface area contributed by atoms with E-state index in [2.05, 4.69) is 9.97 Å². The lowest BCUT2D eigenvalue weighted by Gasteiger charge is -2.51. The molecule has 2 aromatic heterocycles. The van der Waals surface area contributed by atoms with Crippen molar-refractivity contribution in [1.29, 1.82) is 0 Å². The van der Waals surface area contributed by atoms with E-state index in [-0.39, 0.29) is 17.9 Å². The molecule has 4 rings (SSSR count). The van der Waals surface area contributed by atoms with E-state index in [4.69, 9.17) is 4.74 Å². The normalized spacial score (nSPS) is 19.7. The molecule has 142 valence electrons. The highest BCUT2D eigenvalue weighted by Crippen LogP contribution is 2.38. The van der Waals surface area contributed by atoms with Crippen molar-refractivity contribution in [3.8, 4) is 0 Å². The Bertz CT molecular complexity index is 821. The maximum Gasteiger partial charge on any atom is 0.417 e. The van der Waals surface area contributed by atoms with Gasteiger partial charge in [-0.15, -0.1) is 0 Å². The fourth-order valence-corrected chi connectivity index (χ4v) is 3.51. The van der Waals surface area contributed by atoms with Crippen LogP contribution in [0.2, 0.25) is 0 Å². The quantitative estimate of drug-likeness (QED) is 0.803. The van der Waals surface area contributed by atoms with Crippen molar-refractivity contribution in [3.05, 3.63) is 48.4 Å². The minimum absolute atomic E-state index is 0.00479. The molecule has 2 fully saturated rings. The van der Waals surface area contributed by atoms with Gasteiger partial charge in [0.05, 0.1) is 24.1 Å². The SMILES string of the molecule is O=C1COCC2(CN(c3ccc(C(F)(F)F)cn3)C2)CN1c1cccnc1. The molecule has 0 atom stereocenters. The van der Waals surface area contributed by atoms with Gasteiger partial charge in [-0.25, -0.2) is 4.98 Å². The number of hydrogen-bond acceptors (Lipinski definition) is 5. The first-order chi connectivity index (χ1) is 12.9. The van der Waals surface area contributed by atoms with Gasteiger partial charge in [0.15, 0.2) is 0 Å². The van der Waals surface area contributed by atoms with Crippen molar-refractivity contribution in [2.24, 2.45) is 5.41 Å². The Labute approximate surface area is 153 Å². The van der Waals surface area contributed by atoms with E-state index in [0.717, 1.165) is 12.3 Å². The van der Waals surface area contributed by atoms with Crippen molar-refractivity contribution < 1.29 is 22.7 Å². The average molecular weight is 378 g/mol. The monoisotopic (exact) mass is 378 g/mol. The van der Waals surface area contributed by atoms with Gasteiger partial charge >= 0.3 is 6.18 Å². The Balaban J connectivity index is 1.48. The summed E-state index contributed by atoms with van der Waals surface area (Å²) in [5.41, 5.74) is -0.349. The Morgan fingerprint density at radius 1 is 1.11 bits per heavy atom. The molecule has 1 amide bonds. The Kier molecular flexibility index (Phi) is 4.26. The van der Waals surface area contributed by atoms with Crippen LogP contribution in [0.1, 0.15) is 5.56 Å². The minimum atomic E-state index is -4.40. The van der Waals surface area contributed by atoms with Crippen LogP contribution >= 0.6 is 0 Å². The second-order valence-corrected chi connectivity index (χ2v) is 6.94. The highest BCUT2D eigenvalue weighted by atomic mass is 19.4. The van der Waals surface area contributed by atoms with E-state index in [1.807, 2.05) is 11.0 Å². The number of anilines is 2. The number of pyridine rings is 2. The molecule has 2 aliphatic heterocycles. The Morgan fingerprint density at radius 2 is 1.93 bits per heavy atom. The molecule has 0 radical (unpaired) electrons. The summed E-state index contributed by atoms with van der Waals surface area (Å²) in [4.78, 5) is 23.9. The van der Waals surface area contributed by atoms with Gasteiger partial charge in [-0.1, -0.05) is 0 Å². The fraction of sp³-hybridized carbons (Fsp3) is 0.389. The number of nitrogens with zero attached hydrogens (tertiary/aromatic N) is 4. The van der Waals surface area contributed by atoms with Crippen molar-refractivity contribution in [2.45, 2.75) is 6.18 Å². The smallest absolute Gasteiger partial charge is 0.371 e. The van der Waals surface area contributed by atoms with Crippen LogP contribution in [0.4, 0.5) is 24.7 Å². The third kappa shape index (κ3) is 3.46. The zero-order chi connectivity index (χ0) is 19.1. The molecule has 4 heterocycles. The van der Waals surface area contributed by atoms with Crippen LogP contribution in [0, 0.1) is 5.41 Å². The molecule has 2 aliphatic rings. The molecule has 0 unspecified atom stereocenters. The summed E-state index contributed by atoms with van der Waals surface area (Å²) in [6.45, 7) is 1.97. The standard InChI is InChI=1S/C18H17F3N4O2/c19-18(20,21)13-3-4-15(23-6-13)24-9-17(10-24)11-25(16(26)8-27-12-17)14-2-1-5-22-7-14/h1-7H,8-12H2. The third-order valence-electron chi connectivity index (χ3n) is 4.84. The molecule has 0 aromatic carbocycles. The van der Waals surface area contributed by atoms with Gasteiger partial charge in [-0.05, 0) is 24.3 Å². The van der Waals surface area contributed by atoms with E-state index in [9.17, 15) is 18.0 Å². The Morgan fingerprint density at radius 3 is 2.56 bits per heavy atom. The number of halogens is 3. The summed E-state index contributed by atoms with van der Waals surface area (Å²) in [6.07, 6.45) is -0.291. The molecule has 6 nitrogen and oxygen atoms in total. The summed E-state index contributed by atoms with van der Waals surface area (Å²) in [5.74, 6) is 0.350. The van der Waals surface area contributed by atoms with Gasteiger partial charge in [0, 0.05) is 37.4 Å². The summed E-state index contributed by atoms with van der Waals surface area (Å²) < 4.78 is 43.6. The third-order valence-corrected chi connectivity index (χ3v) is 4.84. The molecule has 0 saturated carbocycles. The van der Waals surface area contributed by atoms with E-state index in [0.29, 0.717) is 37.7 Å². The molecular formula is C18H17F3N4O2. The number of amides is 1. The van der Waals surface area contributed by atoms with Crippen molar-refractivity contribution >= 4 is 17.4 Å². The van der Waals surface area contributed by atoms with Crippen molar-refractivity contribution in [3.63, 3.8) is 0 Å². The van der Waals surface area contributed by atoms with Crippen LogP contribution in [0.5, 0.6) is 0 Å². The molecular weight excluding hydrogens is 361 g/mol. The van der Waals surface area contributed by atoms with Gasteiger partial charge in [-0.3, -0.25) is 9.78 Å². The van der Waals surface area contributed by atoms with Crippen LogP contribution in [-0.4, -0.2) is 48.7 Å². The lowest BCUT2D eigenvalue weighted by molar-refractivity contribution is -0.137. The summed E-state index contributed by atoms with van der Waals surface area (Å²) in [5, 5.41) is 0. The van der Waals surface area contributed by atoms with Crippen LogP contribution in [0.15, 0.2) is 42.9 Å². The number of carbonyl (C=O) groups is 1. The van der Waals surface area contributed by atoms with Gasteiger partial charge < -0.3 is 14.5 Å². The van der Waals surface area contributed by atoms with E-state index < -0.39 is 11.7 Å². The van der Waals surface area contributed by atoms with Crippen molar-refractivity contribution in [2.75, 3.05) is 42.6 Å². The predicted molar refractivity (Wildman–Crippen MR) is 91.3 cm³/mol. The predicted octanol–water partition coefficient (Wildman–Crippen LogP) is 2.37. The topological polar surface area (TPSA) is 58.6 Å². The second-order valence-electron chi connectivity index (χ2n) is 6.94. The van der Waals surface area contributed by atoms with Crippen LogP contribution in [0.3, 0.4) is 0 Å². The number of ether oxygens (including phenoxy) is 1. The van der Waals surface area contributed by atoms with Gasteiger partial charge in [0.1, 0.15) is 12.4 Å². The number of carbonyl (C=O) groups excluding carboxylic acids is 1. The lowest BCUT2D eigenvalue weighted by Crippen LogP contribution is -2.63. The molecule has 27 heavy (non-hydrogen) atoms. The zero-order valence-electron chi connectivity index (χ0n) is 14.3. The average Bonchev–Trinajstić information content (AvgIpc) is 2.80. The number of alkyl halides is 3. The van der Waals surface area contributed by atoms with Crippen LogP contribution < -0.4 is 9.80 Å². The Hall–Kier alpha value is -2.68. The number of hydrogen-bond donors (Lipinski definition) is 0. The van der Waals surface area contributed by atoms with E-state index in [1.54, 1.807) is 23.4 Å². The van der Waals surface area contributed by atoms with E-state index >= 15 is 0 Å².